The maximum atomic E-state index is 11.2. The number of hydrogen-bond acceptors (Lipinski definition) is 2. The van der Waals surface area contributed by atoms with Gasteiger partial charge in [-0.3, -0.25) is 5.10 Å². The van der Waals surface area contributed by atoms with Crippen molar-refractivity contribution in [1.29, 1.82) is 0 Å². The summed E-state index contributed by atoms with van der Waals surface area (Å²) in [5, 5.41) is 18.5. The van der Waals surface area contributed by atoms with Crippen molar-refractivity contribution < 1.29 is 9.90 Å². The fourth-order valence-corrected chi connectivity index (χ4v) is 2.92. The lowest BCUT2D eigenvalue weighted by Crippen LogP contribution is -1.95. The summed E-state index contributed by atoms with van der Waals surface area (Å²) in [6, 6.07) is 13.0. The van der Waals surface area contributed by atoms with Crippen molar-refractivity contribution in [3.63, 3.8) is 0 Å². The van der Waals surface area contributed by atoms with Crippen LogP contribution in [0.15, 0.2) is 42.5 Å². The number of aryl methyl sites for hydroxylation is 1. The van der Waals surface area contributed by atoms with Crippen molar-refractivity contribution in [1.82, 2.24) is 15.2 Å². The number of aromatic carboxylic acids is 1. The zero-order chi connectivity index (χ0) is 15.3. The maximum absolute atomic E-state index is 11.2. The third-order valence-corrected chi connectivity index (χ3v) is 3.94. The number of carbonyl (C=O) groups is 1. The molecule has 4 aromatic rings. The van der Waals surface area contributed by atoms with Gasteiger partial charge in [-0.1, -0.05) is 18.2 Å². The van der Waals surface area contributed by atoms with Crippen molar-refractivity contribution >= 4 is 27.8 Å². The number of benzene rings is 2. The second kappa shape index (κ2) is 4.46. The highest BCUT2D eigenvalue weighted by molar-refractivity contribution is 6.05. The molecular formula is C17H13N3O2. The number of fused-ring (bicyclic) bond motifs is 2. The Hall–Kier alpha value is -3.08. The molecule has 2 heterocycles. The number of H-pyrrole nitrogens is 2. The van der Waals surface area contributed by atoms with Crippen LogP contribution >= 0.6 is 0 Å². The van der Waals surface area contributed by atoms with Gasteiger partial charge < -0.3 is 10.1 Å². The Morgan fingerprint density at radius 3 is 2.73 bits per heavy atom. The number of aromatic nitrogens is 3. The molecule has 0 aliphatic heterocycles. The van der Waals surface area contributed by atoms with Crippen LogP contribution in [0.4, 0.5) is 0 Å². The van der Waals surface area contributed by atoms with Crippen molar-refractivity contribution in [2.75, 3.05) is 0 Å². The van der Waals surface area contributed by atoms with E-state index in [9.17, 15) is 9.90 Å². The first-order valence-electron chi connectivity index (χ1n) is 6.94. The molecule has 0 atom stereocenters. The van der Waals surface area contributed by atoms with Gasteiger partial charge in [0.25, 0.3) is 0 Å². The van der Waals surface area contributed by atoms with Gasteiger partial charge >= 0.3 is 5.97 Å². The second-order valence-electron chi connectivity index (χ2n) is 5.31. The number of carboxylic acids is 1. The van der Waals surface area contributed by atoms with Gasteiger partial charge in [-0.15, -0.1) is 0 Å². The molecule has 2 aromatic carbocycles. The quantitative estimate of drug-likeness (QED) is 0.526. The molecule has 0 aliphatic carbocycles. The van der Waals surface area contributed by atoms with E-state index in [2.05, 4.69) is 15.2 Å². The van der Waals surface area contributed by atoms with E-state index in [0.29, 0.717) is 0 Å². The highest BCUT2D eigenvalue weighted by Gasteiger charge is 2.17. The molecule has 0 unspecified atom stereocenters. The van der Waals surface area contributed by atoms with E-state index in [1.165, 1.54) is 0 Å². The van der Waals surface area contributed by atoms with Gasteiger partial charge in [0.2, 0.25) is 0 Å². The molecule has 0 radical (unpaired) electrons. The lowest BCUT2D eigenvalue weighted by atomic mass is 10.0. The minimum absolute atomic E-state index is 0.257. The zero-order valence-electron chi connectivity index (χ0n) is 11.8. The van der Waals surface area contributed by atoms with Crippen LogP contribution in [0.5, 0.6) is 0 Å². The molecule has 108 valence electrons. The summed E-state index contributed by atoms with van der Waals surface area (Å²) in [5.74, 6) is -0.940. The Morgan fingerprint density at radius 2 is 1.91 bits per heavy atom. The lowest BCUT2D eigenvalue weighted by Gasteiger charge is -2.00. The van der Waals surface area contributed by atoms with E-state index in [1.54, 1.807) is 18.2 Å². The highest BCUT2D eigenvalue weighted by atomic mass is 16.4. The van der Waals surface area contributed by atoms with Crippen LogP contribution in [-0.2, 0) is 0 Å². The molecular weight excluding hydrogens is 278 g/mol. The average molecular weight is 291 g/mol. The summed E-state index contributed by atoms with van der Waals surface area (Å²) in [6.07, 6.45) is 0. The number of carboxylic acid groups (broad SMARTS) is 1. The normalized spacial score (nSPS) is 11.3. The summed E-state index contributed by atoms with van der Waals surface area (Å²) in [4.78, 5) is 14.6. The molecule has 0 saturated heterocycles. The Bertz CT molecular complexity index is 1030. The molecule has 0 bridgehead atoms. The standard InChI is InChI=1S/C17H13N3O2/c1-9-15(11-4-2-3-5-13(11)18-9)16-12-8-10(17(21)22)6-7-14(12)19-20-16/h2-8,18H,1H3,(H,19,20)(H,21,22). The summed E-state index contributed by atoms with van der Waals surface area (Å²) in [6.45, 7) is 2.00. The zero-order valence-corrected chi connectivity index (χ0v) is 11.8. The monoisotopic (exact) mass is 291 g/mol. The van der Waals surface area contributed by atoms with Gasteiger partial charge in [0.05, 0.1) is 11.1 Å². The van der Waals surface area contributed by atoms with Crippen LogP contribution in [0, 0.1) is 6.92 Å². The Balaban J connectivity index is 2.06. The van der Waals surface area contributed by atoms with Crippen LogP contribution in [0.2, 0.25) is 0 Å². The van der Waals surface area contributed by atoms with Crippen molar-refractivity contribution in [2.45, 2.75) is 6.92 Å². The molecule has 2 aromatic heterocycles. The first-order valence-corrected chi connectivity index (χ1v) is 6.94. The summed E-state index contributed by atoms with van der Waals surface area (Å²) in [7, 11) is 0. The van der Waals surface area contributed by atoms with Crippen LogP contribution < -0.4 is 0 Å². The number of para-hydroxylation sites is 1. The van der Waals surface area contributed by atoms with Gasteiger partial charge in [0, 0.05) is 27.5 Å². The van der Waals surface area contributed by atoms with Gasteiger partial charge in [-0.25, -0.2) is 4.79 Å². The molecule has 0 aliphatic rings. The van der Waals surface area contributed by atoms with E-state index in [-0.39, 0.29) is 5.56 Å². The predicted molar refractivity (Wildman–Crippen MR) is 85.1 cm³/mol. The minimum atomic E-state index is -0.940. The van der Waals surface area contributed by atoms with Gasteiger partial charge in [0.15, 0.2) is 0 Å². The third kappa shape index (κ3) is 1.72. The molecule has 0 amide bonds. The van der Waals surface area contributed by atoms with Gasteiger partial charge in [-0.05, 0) is 31.2 Å². The number of nitrogens with one attached hydrogen (secondary N) is 2. The van der Waals surface area contributed by atoms with Crippen LogP contribution in [0.3, 0.4) is 0 Å². The largest absolute Gasteiger partial charge is 0.478 e. The Morgan fingerprint density at radius 1 is 1.09 bits per heavy atom. The predicted octanol–water partition coefficient (Wildman–Crippen LogP) is 3.72. The molecule has 5 nitrogen and oxygen atoms in total. The van der Waals surface area contributed by atoms with Crippen molar-refractivity contribution in [3.05, 3.63) is 53.7 Å². The van der Waals surface area contributed by atoms with Crippen LogP contribution in [0.25, 0.3) is 33.1 Å². The molecule has 0 fully saturated rings. The molecule has 0 saturated carbocycles. The fourth-order valence-electron chi connectivity index (χ4n) is 2.92. The highest BCUT2D eigenvalue weighted by Crippen LogP contribution is 2.35. The lowest BCUT2D eigenvalue weighted by molar-refractivity contribution is 0.0697. The van der Waals surface area contributed by atoms with E-state index < -0.39 is 5.97 Å². The number of aromatic amines is 2. The summed E-state index contributed by atoms with van der Waals surface area (Å²) in [5.41, 5.74) is 4.91. The first kappa shape index (κ1) is 12.6. The second-order valence-corrected chi connectivity index (χ2v) is 5.31. The number of nitrogens with zero attached hydrogens (tertiary/aromatic N) is 1. The van der Waals surface area contributed by atoms with E-state index in [1.807, 2.05) is 31.2 Å². The first-order chi connectivity index (χ1) is 10.6. The Kier molecular flexibility index (Phi) is 2.56. The fraction of sp³-hybridized carbons (Fsp3) is 0.0588. The average Bonchev–Trinajstić information content (AvgIpc) is 3.06. The van der Waals surface area contributed by atoms with Crippen molar-refractivity contribution in [2.24, 2.45) is 0 Å². The van der Waals surface area contributed by atoms with E-state index in [0.717, 1.165) is 38.8 Å². The van der Waals surface area contributed by atoms with Crippen molar-refractivity contribution in [3.8, 4) is 11.3 Å². The molecule has 0 spiro atoms. The summed E-state index contributed by atoms with van der Waals surface area (Å²) < 4.78 is 0. The topological polar surface area (TPSA) is 81.8 Å². The molecule has 22 heavy (non-hydrogen) atoms. The molecule has 5 heteroatoms. The summed E-state index contributed by atoms with van der Waals surface area (Å²) >= 11 is 0. The smallest absolute Gasteiger partial charge is 0.335 e. The van der Waals surface area contributed by atoms with Gasteiger partial charge in [0.1, 0.15) is 5.69 Å². The van der Waals surface area contributed by atoms with Crippen LogP contribution in [-0.4, -0.2) is 26.3 Å². The molecule has 3 N–H and O–H groups in total. The van der Waals surface area contributed by atoms with Crippen LogP contribution in [0.1, 0.15) is 16.1 Å². The van der Waals surface area contributed by atoms with E-state index in [4.69, 9.17) is 0 Å². The number of hydrogen-bond donors (Lipinski definition) is 3. The minimum Gasteiger partial charge on any atom is -0.478 e. The maximum Gasteiger partial charge on any atom is 0.335 e. The van der Waals surface area contributed by atoms with Gasteiger partial charge in [-0.2, -0.15) is 5.10 Å². The van der Waals surface area contributed by atoms with E-state index >= 15 is 0 Å². The Labute approximate surface area is 125 Å². The number of rotatable bonds is 2. The third-order valence-electron chi connectivity index (χ3n) is 3.94. The SMILES string of the molecule is Cc1[nH]c2ccccc2c1-c1n[nH]c2ccc(C(=O)O)cc12. The molecule has 4 rings (SSSR count).